The average Bonchev–Trinajstić information content (AvgIpc) is 2.61. The first-order valence-corrected chi connectivity index (χ1v) is 8.23. The number of nitrogens with one attached hydrogen (secondary N) is 2. The number of ether oxygens (including phenoxy) is 2. The van der Waals surface area contributed by atoms with Crippen LogP contribution in [0.4, 0.5) is 5.82 Å². The van der Waals surface area contributed by atoms with E-state index in [1.807, 2.05) is 12.3 Å². The zero-order valence-electron chi connectivity index (χ0n) is 13.3. The molecule has 2 saturated heterocycles. The molecule has 122 valence electrons. The Kier molecular flexibility index (Phi) is 5.61. The Morgan fingerprint density at radius 2 is 2.27 bits per heavy atom. The number of anilines is 1. The summed E-state index contributed by atoms with van der Waals surface area (Å²) < 4.78 is 11.5. The molecule has 2 fully saturated rings. The monoisotopic (exact) mass is 306 g/mol. The maximum Gasteiger partial charge on any atom is 0.133 e. The van der Waals surface area contributed by atoms with Gasteiger partial charge >= 0.3 is 0 Å². The molecule has 0 spiro atoms. The van der Waals surface area contributed by atoms with Crippen molar-refractivity contribution in [1.82, 2.24) is 15.6 Å². The van der Waals surface area contributed by atoms with Crippen molar-refractivity contribution in [2.45, 2.75) is 19.1 Å². The van der Waals surface area contributed by atoms with Crippen LogP contribution >= 0.6 is 0 Å². The molecule has 6 nitrogen and oxygen atoms in total. The zero-order chi connectivity index (χ0) is 15.2. The lowest BCUT2D eigenvalue weighted by Crippen LogP contribution is -2.47. The smallest absolute Gasteiger partial charge is 0.133 e. The molecule has 0 aliphatic carbocycles. The van der Waals surface area contributed by atoms with E-state index in [0.29, 0.717) is 0 Å². The van der Waals surface area contributed by atoms with E-state index >= 15 is 0 Å². The van der Waals surface area contributed by atoms with Gasteiger partial charge in [0.15, 0.2) is 0 Å². The number of nitrogens with zero attached hydrogens (tertiary/aromatic N) is 2. The topological polar surface area (TPSA) is 58.7 Å². The Hall–Kier alpha value is -1.21. The van der Waals surface area contributed by atoms with E-state index in [1.165, 1.54) is 5.56 Å². The molecule has 6 heteroatoms. The fraction of sp³-hybridized carbons (Fsp3) is 0.688. The fourth-order valence-electron chi connectivity index (χ4n) is 3.15. The van der Waals surface area contributed by atoms with Crippen LogP contribution in [0.15, 0.2) is 18.3 Å². The quantitative estimate of drug-likeness (QED) is 0.829. The van der Waals surface area contributed by atoms with Crippen LogP contribution in [-0.4, -0.2) is 63.6 Å². The summed E-state index contributed by atoms with van der Waals surface area (Å²) in [6.45, 7) is 8.93. The number of morpholine rings is 2. The second-order valence-electron chi connectivity index (χ2n) is 5.66. The van der Waals surface area contributed by atoms with E-state index in [0.717, 1.165) is 58.4 Å². The molecular weight excluding hydrogens is 280 g/mol. The van der Waals surface area contributed by atoms with Crippen molar-refractivity contribution in [3.8, 4) is 0 Å². The van der Waals surface area contributed by atoms with E-state index in [9.17, 15) is 0 Å². The minimum Gasteiger partial charge on any atom is -0.378 e. The van der Waals surface area contributed by atoms with Crippen LogP contribution in [0, 0.1) is 0 Å². The first-order chi connectivity index (χ1) is 10.9. The first kappa shape index (κ1) is 15.7. The molecule has 0 aromatic carbocycles. The van der Waals surface area contributed by atoms with Gasteiger partial charge in [-0.15, -0.1) is 0 Å². The van der Waals surface area contributed by atoms with Gasteiger partial charge < -0.3 is 25.0 Å². The molecule has 0 radical (unpaired) electrons. The Morgan fingerprint density at radius 3 is 3.00 bits per heavy atom. The lowest BCUT2D eigenvalue weighted by molar-refractivity contribution is 0.00405. The van der Waals surface area contributed by atoms with Gasteiger partial charge in [0.1, 0.15) is 5.82 Å². The van der Waals surface area contributed by atoms with Gasteiger partial charge in [-0.2, -0.15) is 0 Å². The van der Waals surface area contributed by atoms with Crippen molar-refractivity contribution in [1.29, 1.82) is 0 Å². The molecule has 0 bridgehead atoms. The molecule has 0 saturated carbocycles. The molecule has 2 atom stereocenters. The highest BCUT2D eigenvalue weighted by molar-refractivity contribution is 5.49. The van der Waals surface area contributed by atoms with E-state index in [-0.39, 0.29) is 12.1 Å². The van der Waals surface area contributed by atoms with Crippen LogP contribution in [0.3, 0.4) is 0 Å². The largest absolute Gasteiger partial charge is 0.378 e. The average molecular weight is 306 g/mol. The number of aromatic nitrogens is 1. The van der Waals surface area contributed by atoms with E-state index in [4.69, 9.17) is 9.47 Å². The van der Waals surface area contributed by atoms with E-state index < -0.39 is 0 Å². The molecule has 3 rings (SSSR count). The van der Waals surface area contributed by atoms with Gasteiger partial charge in [0.2, 0.25) is 0 Å². The second kappa shape index (κ2) is 7.87. The first-order valence-electron chi connectivity index (χ1n) is 8.23. The van der Waals surface area contributed by atoms with Crippen LogP contribution < -0.4 is 15.5 Å². The lowest BCUT2D eigenvalue weighted by atomic mass is 10.00. The number of likely N-dealkylation sites (N-methyl/N-ethyl adjacent to an activating group) is 1. The van der Waals surface area contributed by atoms with Crippen molar-refractivity contribution < 1.29 is 9.47 Å². The number of hydrogen-bond donors (Lipinski definition) is 2. The molecule has 2 unspecified atom stereocenters. The summed E-state index contributed by atoms with van der Waals surface area (Å²) in [5.74, 6) is 1.06. The van der Waals surface area contributed by atoms with Crippen molar-refractivity contribution in [3.05, 3.63) is 23.9 Å². The Morgan fingerprint density at radius 1 is 1.41 bits per heavy atom. The summed E-state index contributed by atoms with van der Waals surface area (Å²) in [7, 11) is 0. The van der Waals surface area contributed by atoms with Gasteiger partial charge in [0.05, 0.1) is 32.0 Å². The molecule has 3 heterocycles. The standard InChI is InChI=1S/C16H26N4O2/c1-2-18-15(14-12-17-6-9-22-14)13-4-3-5-19-16(13)20-7-10-21-11-8-20/h3-5,14-15,17-18H,2,6-12H2,1H3. The molecule has 2 aliphatic heterocycles. The van der Waals surface area contributed by atoms with Gasteiger partial charge in [0, 0.05) is 37.9 Å². The van der Waals surface area contributed by atoms with Gasteiger partial charge in [-0.1, -0.05) is 13.0 Å². The maximum atomic E-state index is 5.99. The van der Waals surface area contributed by atoms with Crippen LogP contribution in [0.5, 0.6) is 0 Å². The van der Waals surface area contributed by atoms with Crippen molar-refractivity contribution >= 4 is 5.82 Å². The molecule has 1 aromatic heterocycles. The summed E-state index contributed by atoms with van der Waals surface area (Å²) in [4.78, 5) is 6.97. The second-order valence-corrected chi connectivity index (χ2v) is 5.66. The van der Waals surface area contributed by atoms with Gasteiger partial charge in [0.25, 0.3) is 0 Å². The molecule has 22 heavy (non-hydrogen) atoms. The molecule has 1 aromatic rings. The van der Waals surface area contributed by atoms with Crippen LogP contribution in [-0.2, 0) is 9.47 Å². The Balaban J connectivity index is 1.86. The van der Waals surface area contributed by atoms with E-state index in [2.05, 4.69) is 33.5 Å². The van der Waals surface area contributed by atoms with Crippen LogP contribution in [0.1, 0.15) is 18.5 Å². The number of pyridine rings is 1. The maximum absolute atomic E-state index is 5.99. The molecule has 2 aliphatic rings. The van der Waals surface area contributed by atoms with Crippen LogP contribution in [0.25, 0.3) is 0 Å². The minimum absolute atomic E-state index is 0.137. The lowest BCUT2D eigenvalue weighted by Gasteiger charge is -2.35. The molecule has 2 N–H and O–H groups in total. The summed E-state index contributed by atoms with van der Waals surface area (Å²) in [6.07, 6.45) is 2.01. The number of hydrogen-bond acceptors (Lipinski definition) is 6. The third kappa shape index (κ3) is 3.57. The Bertz CT molecular complexity index is 459. The summed E-state index contributed by atoms with van der Waals surface area (Å²) in [6, 6.07) is 4.34. The highest BCUT2D eigenvalue weighted by Crippen LogP contribution is 2.28. The van der Waals surface area contributed by atoms with Crippen molar-refractivity contribution in [2.24, 2.45) is 0 Å². The highest BCUT2D eigenvalue weighted by atomic mass is 16.5. The summed E-state index contributed by atoms with van der Waals surface area (Å²) in [5.41, 5.74) is 1.22. The number of rotatable bonds is 5. The van der Waals surface area contributed by atoms with Crippen molar-refractivity contribution in [2.75, 3.05) is 57.4 Å². The SMILES string of the molecule is CCNC(c1cccnc1N1CCOCC1)C1CNCCO1. The van der Waals surface area contributed by atoms with Gasteiger partial charge in [-0.3, -0.25) is 0 Å². The van der Waals surface area contributed by atoms with Gasteiger partial charge in [-0.25, -0.2) is 4.98 Å². The van der Waals surface area contributed by atoms with Crippen LogP contribution in [0.2, 0.25) is 0 Å². The Labute approximate surface area is 132 Å². The zero-order valence-corrected chi connectivity index (χ0v) is 13.3. The van der Waals surface area contributed by atoms with Crippen molar-refractivity contribution in [3.63, 3.8) is 0 Å². The fourth-order valence-corrected chi connectivity index (χ4v) is 3.15. The predicted octanol–water partition coefficient (Wildman–Crippen LogP) is 0.557. The van der Waals surface area contributed by atoms with Gasteiger partial charge in [-0.05, 0) is 12.6 Å². The molecule has 0 amide bonds. The summed E-state index contributed by atoms with van der Waals surface area (Å²) in [5, 5.41) is 7.01. The van der Waals surface area contributed by atoms with E-state index in [1.54, 1.807) is 0 Å². The highest BCUT2D eigenvalue weighted by Gasteiger charge is 2.29. The molecular formula is C16H26N4O2. The minimum atomic E-state index is 0.137. The third-order valence-corrected chi connectivity index (χ3v) is 4.21. The normalized spacial score (nSPS) is 24.2. The predicted molar refractivity (Wildman–Crippen MR) is 86.3 cm³/mol. The summed E-state index contributed by atoms with van der Waals surface area (Å²) >= 11 is 0. The third-order valence-electron chi connectivity index (χ3n) is 4.21.